The minimum atomic E-state index is -0.231. The summed E-state index contributed by atoms with van der Waals surface area (Å²) < 4.78 is 6.60. The van der Waals surface area contributed by atoms with Gasteiger partial charge in [0.2, 0.25) is 5.27 Å². The van der Waals surface area contributed by atoms with Gasteiger partial charge in [-0.2, -0.15) is 0 Å². The van der Waals surface area contributed by atoms with Gasteiger partial charge in [0.25, 0.3) is 6.20 Å². The third-order valence-electron chi connectivity index (χ3n) is 2.76. The molecule has 0 aliphatic heterocycles. The second-order valence-corrected chi connectivity index (χ2v) is 5.88. The molecule has 2 rings (SSSR count). The summed E-state index contributed by atoms with van der Waals surface area (Å²) in [5.41, 5.74) is 6.56. The topological polar surface area (TPSA) is 91.3 Å². The summed E-state index contributed by atoms with van der Waals surface area (Å²) in [6.45, 7) is 3.94. The van der Waals surface area contributed by atoms with Crippen molar-refractivity contribution in [2.45, 2.75) is 32.7 Å². The fourth-order valence-electron chi connectivity index (χ4n) is 1.61. The van der Waals surface area contributed by atoms with Crippen molar-refractivity contribution in [3.63, 3.8) is 0 Å². The van der Waals surface area contributed by atoms with Gasteiger partial charge in [-0.3, -0.25) is 4.52 Å². The van der Waals surface area contributed by atoms with E-state index in [1.165, 1.54) is 11.8 Å². The lowest BCUT2D eigenvalue weighted by Crippen LogP contribution is -2.36. The maximum absolute atomic E-state index is 11.7. The first-order chi connectivity index (χ1) is 9.54. The molecule has 0 saturated heterocycles. The molecule has 2 N–H and O–H groups in total. The highest BCUT2D eigenvalue weighted by molar-refractivity contribution is 8.03. The molecule has 1 heterocycles. The van der Waals surface area contributed by atoms with Crippen LogP contribution in [-0.2, 0) is 0 Å². The second kappa shape index (κ2) is 6.60. The molecule has 0 aromatic carbocycles. The maximum Gasteiger partial charge on any atom is 0.320 e. The van der Waals surface area contributed by atoms with Crippen molar-refractivity contribution in [2.75, 3.05) is 5.75 Å². The van der Waals surface area contributed by atoms with Crippen molar-refractivity contribution in [3.05, 3.63) is 29.0 Å². The highest BCUT2D eigenvalue weighted by atomic mass is 32.2. The molecule has 20 heavy (non-hydrogen) atoms. The van der Waals surface area contributed by atoms with E-state index in [-0.39, 0.29) is 17.8 Å². The smallest absolute Gasteiger partial charge is 0.320 e. The molecule has 0 radical (unpaired) electrons. The predicted octanol–water partition coefficient (Wildman–Crippen LogP) is 1.19. The van der Waals surface area contributed by atoms with Crippen molar-refractivity contribution in [3.8, 4) is 0 Å². The van der Waals surface area contributed by atoms with E-state index in [0.717, 1.165) is 23.4 Å². The fraction of sp³-hybridized carbons (Fsp3) is 0.462. The first-order valence-electron chi connectivity index (χ1n) is 6.45. The third-order valence-corrected chi connectivity index (χ3v) is 3.86. The van der Waals surface area contributed by atoms with Gasteiger partial charge in [-0.25, -0.2) is 4.99 Å². The molecule has 1 aromatic heterocycles. The molecule has 1 aromatic rings. The molecule has 0 fully saturated rings. The van der Waals surface area contributed by atoms with Gasteiger partial charge in [-0.1, -0.05) is 6.08 Å². The van der Waals surface area contributed by atoms with Crippen LogP contribution in [-0.4, -0.2) is 16.9 Å². The summed E-state index contributed by atoms with van der Waals surface area (Å²) in [4.78, 5) is 5.03. The molecule has 7 heteroatoms. The van der Waals surface area contributed by atoms with Crippen LogP contribution in [0.4, 0.5) is 5.88 Å². The molecule has 0 saturated carbocycles. The SMILES string of the molecule is CC(C)[n+]1cc(/N=C(/[O-])CSC2=CC=C(N)CC2)on1. The van der Waals surface area contributed by atoms with Gasteiger partial charge in [-0.05, 0) is 48.2 Å². The molecular weight excluding hydrogens is 276 g/mol. The Hall–Kier alpha value is -1.76. The Bertz CT molecular complexity index is 560. The highest BCUT2D eigenvalue weighted by Gasteiger charge is 2.13. The number of rotatable bonds is 5. The molecule has 0 bridgehead atoms. The Morgan fingerprint density at radius 3 is 2.95 bits per heavy atom. The Balaban J connectivity index is 1.90. The minimum absolute atomic E-state index is 0.178. The zero-order chi connectivity index (χ0) is 14.5. The second-order valence-electron chi connectivity index (χ2n) is 4.78. The third kappa shape index (κ3) is 4.12. The number of allylic oxidation sites excluding steroid dienone is 4. The van der Waals surface area contributed by atoms with Gasteiger partial charge in [0.05, 0.1) is 0 Å². The molecule has 108 valence electrons. The van der Waals surface area contributed by atoms with Crippen molar-refractivity contribution < 1.29 is 14.3 Å². The number of aliphatic imine (C=N–C) groups is 1. The van der Waals surface area contributed by atoms with Gasteiger partial charge in [0, 0.05) is 11.4 Å². The molecule has 1 aliphatic rings. The van der Waals surface area contributed by atoms with E-state index in [2.05, 4.69) is 10.3 Å². The van der Waals surface area contributed by atoms with Crippen LogP contribution in [0.15, 0.2) is 38.5 Å². The Kier molecular flexibility index (Phi) is 4.84. The first kappa shape index (κ1) is 14.6. The fourth-order valence-corrected chi connectivity index (χ4v) is 2.39. The Morgan fingerprint density at radius 2 is 2.35 bits per heavy atom. The largest absolute Gasteiger partial charge is 0.861 e. The van der Waals surface area contributed by atoms with Crippen molar-refractivity contribution in [1.82, 2.24) is 5.27 Å². The lowest BCUT2D eigenvalue weighted by Gasteiger charge is -2.13. The number of nitrogens with zero attached hydrogens (tertiary/aromatic N) is 3. The first-order valence-corrected chi connectivity index (χ1v) is 7.44. The van der Waals surface area contributed by atoms with Crippen LogP contribution in [0.1, 0.15) is 32.7 Å². The number of thioether (sulfide) groups is 1. The molecule has 0 atom stereocenters. The summed E-state index contributed by atoms with van der Waals surface area (Å²) in [6, 6.07) is 0.178. The summed E-state index contributed by atoms with van der Waals surface area (Å²) in [5.74, 6) is 0.304. The van der Waals surface area contributed by atoms with Gasteiger partial charge in [-0.15, -0.1) is 11.8 Å². The van der Waals surface area contributed by atoms with Crippen LogP contribution in [0.5, 0.6) is 0 Å². The van der Waals surface area contributed by atoms with Gasteiger partial charge >= 0.3 is 5.88 Å². The lowest BCUT2D eigenvalue weighted by atomic mass is 10.1. The number of nitrogens with two attached hydrogens (primary N) is 1. The van der Waals surface area contributed by atoms with E-state index in [0.29, 0.717) is 5.75 Å². The van der Waals surface area contributed by atoms with E-state index < -0.39 is 0 Å². The quantitative estimate of drug-likeness (QED) is 0.500. The number of hydrogen-bond acceptors (Lipinski definition) is 6. The van der Waals surface area contributed by atoms with Gasteiger partial charge in [0.1, 0.15) is 0 Å². The molecule has 0 unspecified atom stereocenters. The molecule has 0 spiro atoms. The molecule has 0 amide bonds. The summed E-state index contributed by atoms with van der Waals surface area (Å²) in [7, 11) is 0. The lowest BCUT2D eigenvalue weighted by molar-refractivity contribution is -0.779. The van der Waals surface area contributed by atoms with Crippen LogP contribution in [0.2, 0.25) is 0 Å². The van der Waals surface area contributed by atoms with E-state index in [1.54, 1.807) is 10.9 Å². The van der Waals surface area contributed by atoms with E-state index in [1.807, 2.05) is 26.0 Å². The number of hydrogen-bond donors (Lipinski definition) is 1. The van der Waals surface area contributed by atoms with E-state index in [9.17, 15) is 5.11 Å². The standard InChI is InChI=1S/C13H18N4O2S/c1-9(2)17-7-13(19-16-17)15-12(18)8-20-11-5-3-10(14)4-6-11/h3,5,7,9H,4,6,8,14H2,1-2H3. The summed E-state index contributed by atoms with van der Waals surface area (Å²) >= 11 is 1.49. The van der Waals surface area contributed by atoms with Gasteiger partial charge in [0.15, 0.2) is 6.04 Å². The highest BCUT2D eigenvalue weighted by Crippen LogP contribution is 2.25. The van der Waals surface area contributed by atoms with E-state index in [4.69, 9.17) is 10.3 Å². The molecule has 1 aliphatic carbocycles. The Morgan fingerprint density at radius 1 is 1.55 bits per heavy atom. The van der Waals surface area contributed by atoms with E-state index >= 15 is 0 Å². The van der Waals surface area contributed by atoms with Crippen molar-refractivity contribution in [1.29, 1.82) is 0 Å². The van der Waals surface area contributed by atoms with Crippen molar-refractivity contribution >= 4 is 23.5 Å². The minimum Gasteiger partial charge on any atom is -0.861 e. The molecular formula is C13H18N4O2S. The predicted molar refractivity (Wildman–Crippen MR) is 76.2 cm³/mol. The van der Waals surface area contributed by atoms with Crippen molar-refractivity contribution in [2.24, 2.45) is 10.7 Å². The maximum atomic E-state index is 11.7. The number of aromatic nitrogens is 2. The van der Waals surface area contributed by atoms with Crippen LogP contribution in [0.25, 0.3) is 0 Å². The van der Waals surface area contributed by atoms with Crippen LogP contribution in [0.3, 0.4) is 0 Å². The van der Waals surface area contributed by atoms with Crippen LogP contribution in [0, 0.1) is 0 Å². The Labute approximate surface area is 122 Å². The van der Waals surface area contributed by atoms with Crippen LogP contribution >= 0.6 is 11.8 Å². The normalized spacial score (nSPS) is 16.2. The average Bonchev–Trinajstić information content (AvgIpc) is 2.87. The average molecular weight is 294 g/mol. The molecule has 6 nitrogen and oxygen atoms in total. The van der Waals surface area contributed by atoms with Gasteiger partial charge < -0.3 is 10.8 Å². The summed E-state index contributed by atoms with van der Waals surface area (Å²) in [6.07, 6.45) is 7.19. The zero-order valence-corrected chi connectivity index (χ0v) is 12.4. The van der Waals surface area contributed by atoms with Crippen LogP contribution < -0.4 is 15.5 Å². The monoisotopic (exact) mass is 294 g/mol. The summed E-state index contributed by atoms with van der Waals surface area (Å²) in [5, 5.41) is 15.5. The zero-order valence-electron chi connectivity index (χ0n) is 11.6.